The summed E-state index contributed by atoms with van der Waals surface area (Å²) in [6, 6.07) is 8.86. The Balaban J connectivity index is 1.62. The third-order valence-electron chi connectivity index (χ3n) is 3.69. The number of fused-ring (bicyclic) bond motifs is 1. The average Bonchev–Trinajstić information content (AvgIpc) is 3.10. The lowest BCUT2D eigenvalue weighted by molar-refractivity contribution is -0.113. The summed E-state index contributed by atoms with van der Waals surface area (Å²) in [7, 11) is 1.58. The highest BCUT2D eigenvalue weighted by Crippen LogP contribution is 2.30. The second kappa shape index (κ2) is 8.29. The highest BCUT2D eigenvalue weighted by molar-refractivity contribution is 8.00. The highest BCUT2D eigenvalue weighted by Gasteiger charge is 2.11. The number of carbonyl (C=O) groups excluding carboxylic acids is 2. The Morgan fingerprint density at radius 3 is 2.65 bits per heavy atom. The van der Waals surface area contributed by atoms with E-state index in [2.05, 4.69) is 33.6 Å². The van der Waals surface area contributed by atoms with E-state index in [9.17, 15) is 9.59 Å². The molecule has 2 heterocycles. The summed E-state index contributed by atoms with van der Waals surface area (Å²) in [4.78, 5) is 34.5. The molecule has 0 radical (unpaired) electrons. The first-order chi connectivity index (χ1) is 12.6. The second-order valence-corrected chi connectivity index (χ2v) is 7.54. The van der Waals surface area contributed by atoms with Gasteiger partial charge in [-0.3, -0.25) is 9.59 Å². The maximum Gasteiger partial charge on any atom is 0.251 e. The number of carbonyl (C=O) groups is 2. The summed E-state index contributed by atoms with van der Waals surface area (Å²) >= 11 is 3.05. The third-order valence-corrected chi connectivity index (χ3v) is 5.88. The van der Waals surface area contributed by atoms with E-state index in [4.69, 9.17) is 0 Å². The molecule has 0 fully saturated rings. The number of nitrogens with one attached hydrogen (secondary N) is 2. The maximum absolute atomic E-state index is 12.2. The van der Waals surface area contributed by atoms with E-state index in [0.29, 0.717) is 11.3 Å². The normalized spacial score (nSPS) is 10.7. The van der Waals surface area contributed by atoms with Crippen molar-refractivity contribution >= 4 is 50.8 Å². The van der Waals surface area contributed by atoms with Crippen LogP contribution in [0.3, 0.4) is 0 Å². The van der Waals surface area contributed by atoms with Crippen molar-refractivity contribution in [1.82, 2.24) is 15.3 Å². The van der Waals surface area contributed by atoms with Crippen LogP contribution in [0.25, 0.3) is 10.2 Å². The van der Waals surface area contributed by atoms with Crippen LogP contribution in [0.15, 0.2) is 41.7 Å². The van der Waals surface area contributed by atoms with Crippen molar-refractivity contribution in [1.29, 1.82) is 0 Å². The van der Waals surface area contributed by atoms with Gasteiger partial charge in [0.1, 0.15) is 16.2 Å². The fourth-order valence-corrected chi connectivity index (χ4v) is 4.13. The van der Waals surface area contributed by atoms with Crippen LogP contribution < -0.4 is 10.6 Å². The van der Waals surface area contributed by atoms with Crippen molar-refractivity contribution in [3.63, 3.8) is 0 Å². The molecule has 0 atom stereocenters. The topological polar surface area (TPSA) is 84.0 Å². The molecule has 0 aliphatic heterocycles. The minimum Gasteiger partial charge on any atom is -0.355 e. The summed E-state index contributed by atoms with van der Waals surface area (Å²) in [6.45, 7) is 2.10. The van der Waals surface area contributed by atoms with Crippen molar-refractivity contribution in [2.45, 2.75) is 18.4 Å². The zero-order valence-corrected chi connectivity index (χ0v) is 16.0. The minimum absolute atomic E-state index is 0.125. The van der Waals surface area contributed by atoms with E-state index in [1.54, 1.807) is 42.6 Å². The fourth-order valence-electron chi connectivity index (χ4n) is 2.35. The van der Waals surface area contributed by atoms with Gasteiger partial charge in [0, 0.05) is 28.6 Å². The van der Waals surface area contributed by atoms with E-state index in [1.165, 1.54) is 23.0 Å². The van der Waals surface area contributed by atoms with Crippen molar-refractivity contribution in [2.75, 3.05) is 18.1 Å². The van der Waals surface area contributed by atoms with E-state index < -0.39 is 0 Å². The first kappa shape index (κ1) is 18.3. The first-order valence-electron chi connectivity index (χ1n) is 8.09. The molecule has 0 spiro atoms. The Kier molecular flexibility index (Phi) is 5.85. The molecule has 2 aromatic heterocycles. The molecule has 1 aromatic carbocycles. The predicted octanol–water partition coefficient (Wildman–Crippen LogP) is 3.34. The van der Waals surface area contributed by atoms with Crippen LogP contribution in [0.5, 0.6) is 0 Å². The SMILES string of the molecule is CCc1cc2c(SCC(=O)Nc3ccc(C(=O)NC)cc3)ncnc2s1. The van der Waals surface area contributed by atoms with E-state index in [-0.39, 0.29) is 17.6 Å². The minimum atomic E-state index is -0.159. The molecule has 3 rings (SSSR count). The number of nitrogens with zero attached hydrogens (tertiary/aromatic N) is 2. The van der Waals surface area contributed by atoms with Gasteiger partial charge >= 0.3 is 0 Å². The summed E-state index contributed by atoms with van der Waals surface area (Å²) in [5, 5.41) is 7.21. The Morgan fingerprint density at radius 2 is 1.96 bits per heavy atom. The Hall–Kier alpha value is -2.45. The third kappa shape index (κ3) is 4.20. The number of anilines is 1. The van der Waals surface area contributed by atoms with Gasteiger partial charge in [-0.15, -0.1) is 11.3 Å². The molecule has 6 nitrogen and oxygen atoms in total. The zero-order chi connectivity index (χ0) is 18.5. The molecule has 2 amide bonds. The first-order valence-corrected chi connectivity index (χ1v) is 9.89. The van der Waals surface area contributed by atoms with Gasteiger partial charge in [-0.1, -0.05) is 18.7 Å². The van der Waals surface area contributed by atoms with Gasteiger partial charge in [-0.2, -0.15) is 0 Å². The lowest BCUT2D eigenvalue weighted by Crippen LogP contribution is -2.18. The van der Waals surface area contributed by atoms with E-state index in [0.717, 1.165) is 21.7 Å². The van der Waals surface area contributed by atoms with Crippen molar-refractivity contribution in [2.24, 2.45) is 0 Å². The molecule has 0 aliphatic carbocycles. The molecule has 0 aliphatic rings. The van der Waals surface area contributed by atoms with Crippen molar-refractivity contribution < 1.29 is 9.59 Å². The van der Waals surface area contributed by atoms with Gasteiger partial charge in [-0.25, -0.2) is 9.97 Å². The van der Waals surface area contributed by atoms with Crippen LogP contribution in [-0.4, -0.2) is 34.6 Å². The number of benzene rings is 1. The summed E-state index contributed by atoms with van der Waals surface area (Å²) in [5.41, 5.74) is 1.20. The van der Waals surface area contributed by atoms with Gasteiger partial charge in [-0.05, 0) is 36.8 Å². The monoisotopic (exact) mass is 386 g/mol. The molecule has 134 valence electrons. The Labute approximate surface area is 159 Å². The molecule has 2 N–H and O–H groups in total. The van der Waals surface area contributed by atoms with Gasteiger partial charge < -0.3 is 10.6 Å². The van der Waals surface area contributed by atoms with Crippen LogP contribution in [0.1, 0.15) is 22.2 Å². The molecule has 0 saturated heterocycles. The van der Waals surface area contributed by atoms with Crippen molar-refractivity contribution in [3.05, 3.63) is 47.1 Å². The molecular formula is C18H18N4O2S2. The molecule has 0 saturated carbocycles. The van der Waals surface area contributed by atoms with Crippen LogP contribution in [0.4, 0.5) is 5.69 Å². The van der Waals surface area contributed by atoms with Crippen LogP contribution in [0, 0.1) is 0 Å². The number of hydrogen-bond acceptors (Lipinski definition) is 6. The van der Waals surface area contributed by atoms with Crippen LogP contribution >= 0.6 is 23.1 Å². The van der Waals surface area contributed by atoms with Crippen LogP contribution in [0.2, 0.25) is 0 Å². The molecular weight excluding hydrogens is 368 g/mol. The lowest BCUT2D eigenvalue weighted by atomic mass is 10.2. The number of amides is 2. The number of thioether (sulfide) groups is 1. The molecule has 3 aromatic rings. The number of hydrogen-bond donors (Lipinski definition) is 2. The summed E-state index contributed by atoms with van der Waals surface area (Å²) in [6.07, 6.45) is 2.49. The van der Waals surface area contributed by atoms with E-state index >= 15 is 0 Å². The number of aromatic nitrogens is 2. The van der Waals surface area contributed by atoms with E-state index in [1.807, 2.05) is 0 Å². The standard InChI is InChI=1S/C18H18N4O2S2/c1-3-13-8-14-17(20-10-21-18(14)26-13)25-9-15(23)22-12-6-4-11(5-7-12)16(24)19-2/h4-8,10H,3,9H2,1-2H3,(H,19,24)(H,22,23). The van der Waals surface area contributed by atoms with Crippen molar-refractivity contribution in [3.8, 4) is 0 Å². The number of thiophene rings is 1. The quantitative estimate of drug-likeness (QED) is 0.501. The molecule has 26 heavy (non-hydrogen) atoms. The van der Waals surface area contributed by atoms with Crippen LogP contribution in [-0.2, 0) is 11.2 Å². The average molecular weight is 387 g/mol. The second-order valence-electron chi connectivity index (χ2n) is 5.46. The fraction of sp³-hybridized carbons (Fsp3) is 0.222. The van der Waals surface area contributed by atoms with Gasteiger partial charge in [0.05, 0.1) is 5.75 Å². The smallest absolute Gasteiger partial charge is 0.251 e. The summed E-state index contributed by atoms with van der Waals surface area (Å²) in [5.74, 6) is -0.0329. The molecule has 0 unspecified atom stereocenters. The Morgan fingerprint density at radius 1 is 1.19 bits per heavy atom. The Bertz CT molecular complexity index is 938. The lowest BCUT2D eigenvalue weighted by Gasteiger charge is -2.06. The van der Waals surface area contributed by atoms with Gasteiger partial charge in [0.2, 0.25) is 5.91 Å². The largest absolute Gasteiger partial charge is 0.355 e. The number of aryl methyl sites for hydroxylation is 1. The van der Waals surface area contributed by atoms with Gasteiger partial charge in [0.15, 0.2) is 0 Å². The highest BCUT2D eigenvalue weighted by atomic mass is 32.2. The molecule has 0 bridgehead atoms. The van der Waals surface area contributed by atoms with Gasteiger partial charge in [0.25, 0.3) is 5.91 Å². The maximum atomic E-state index is 12.2. The number of rotatable bonds is 6. The molecule has 8 heteroatoms. The zero-order valence-electron chi connectivity index (χ0n) is 14.4. The summed E-state index contributed by atoms with van der Waals surface area (Å²) < 4.78 is 0. The predicted molar refractivity (Wildman–Crippen MR) is 106 cm³/mol.